The number of rotatable bonds is 9. The molecule has 4 nitrogen and oxygen atoms in total. The van der Waals surface area contributed by atoms with Crippen LogP contribution in [0.3, 0.4) is 0 Å². The molecular weight excluding hydrogens is 400 g/mol. The minimum atomic E-state index is -4.33. The van der Waals surface area contributed by atoms with E-state index in [1.54, 1.807) is 12.1 Å². The van der Waals surface area contributed by atoms with Crippen LogP contribution in [0, 0.1) is 5.82 Å². The first kappa shape index (κ1) is 22.4. The molecule has 1 saturated heterocycles. The molecule has 1 aliphatic rings. The van der Waals surface area contributed by atoms with Crippen LogP contribution in [0.1, 0.15) is 12.0 Å². The SMILES string of the molecule is Fc1ccc(OCCN2CCN(CCCOc3ccc(C(F)(F)F)cc3)CC2)cc1. The number of hydrogen-bond acceptors (Lipinski definition) is 4. The van der Waals surface area contributed by atoms with Gasteiger partial charge in [-0.25, -0.2) is 4.39 Å². The summed E-state index contributed by atoms with van der Waals surface area (Å²) in [6, 6.07) is 10.8. The Balaban J connectivity index is 1.25. The minimum absolute atomic E-state index is 0.275. The van der Waals surface area contributed by atoms with Crippen molar-refractivity contribution < 1.29 is 27.0 Å². The van der Waals surface area contributed by atoms with Gasteiger partial charge in [0, 0.05) is 39.3 Å². The van der Waals surface area contributed by atoms with Gasteiger partial charge in [0.05, 0.1) is 12.2 Å². The van der Waals surface area contributed by atoms with Gasteiger partial charge in [-0.1, -0.05) is 0 Å². The van der Waals surface area contributed by atoms with Crippen LogP contribution in [-0.2, 0) is 6.18 Å². The summed E-state index contributed by atoms with van der Waals surface area (Å²) in [5.41, 5.74) is -0.671. The fraction of sp³-hybridized carbons (Fsp3) is 0.455. The standard InChI is InChI=1S/C22H26F4N2O2/c23-19-4-8-21(9-5-19)30-17-15-28-13-11-27(12-14-28)10-1-16-29-20-6-2-18(3-7-20)22(24,25)26/h2-9H,1,10-17H2. The van der Waals surface area contributed by atoms with Gasteiger partial charge in [-0.05, 0) is 55.0 Å². The Morgan fingerprint density at radius 1 is 0.700 bits per heavy atom. The smallest absolute Gasteiger partial charge is 0.416 e. The second-order valence-corrected chi connectivity index (χ2v) is 7.21. The lowest BCUT2D eigenvalue weighted by atomic mass is 10.2. The lowest BCUT2D eigenvalue weighted by Crippen LogP contribution is -2.47. The zero-order valence-electron chi connectivity index (χ0n) is 16.7. The highest BCUT2D eigenvalue weighted by molar-refractivity contribution is 5.28. The van der Waals surface area contributed by atoms with E-state index in [2.05, 4.69) is 9.80 Å². The van der Waals surface area contributed by atoms with Gasteiger partial charge in [-0.15, -0.1) is 0 Å². The van der Waals surface area contributed by atoms with Crippen LogP contribution in [0.25, 0.3) is 0 Å². The summed E-state index contributed by atoms with van der Waals surface area (Å²) >= 11 is 0. The zero-order valence-corrected chi connectivity index (χ0v) is 16.7. The Labute approximate surface area is 174 Å². The van der Waals surface area contributed by atoms with E-state index in [4.69, 9.17) is 9.47 Å². The summed E-state index contributed by atoms with van der Waals surface area (Å²) in [6.07, 6.45) is -3.51. The Morgan fingerprint density at radius 2 is 1.20 bits per heavy atom. The lowest BCUT2D eigenvalue weighted by molar-refractivity contribution is -0.137. The third-order valence-corrected chi connectivity index (χ3v) is 5.02. The summed E-state index contributed by atoms with van der Waals surface area (Å²) < 4.78 is 61.7. The van der Waals surface area contributed by atoms with Crippen LogP contribution in [-0.4, -0.2) is 62.3 Å². The van der Waals surface area contributed by atoms with Crippen molar-refractivity contribution in [3.8, 4) is 11.5 Å². The summed E-state index contributed by atoms with van der Waals surface area (Å²) in [6.45, 7) is 6.55. The van der Waals surface area contributed by atoms with E-state index in [-0.39, 0.29) is 5.82 Å². The fourth-order valence-electron chi connectivity index (χ4n) is 3.28. The van der Waals surface area contributed by atoms with Crippen molar-refractivity contribution in [1.82, 2.24) is 9.80 Å². The number of piperazine rings is 1. The topological polar surface area (TPSA) is 24.9 Å². The Kier molecular flexibility index (Phi) is 7.93. The van der Waals surface area contributed by atoms with Crippen LogP contribution in [0.5, 0.6) is 11.5 Å². The fourth-order valence-corrected chi connectivity index (χ4v) is 3.28. The number of benzene rings is 2. The molecule has 3 rings (SSSR count). The van der Waals surface area contributed by atoms with Crippen LogP contribution in [0.4, 0.5) is 17.6 Å². The number of alkyl halides is 3. The van der Waals surface area contributed by atoms with E-state index in [9.17, 15) is 17.6 Å². The highest BCUT2D eigenvalue weighted by atomic mass is 19.4. The molecule has 0 N–H and O–H groups in total. The average Bonchev–Trinajstić information content (AvgIpc) is 2.73. The number of nitrogens with zero attached hydrogens (tertiary/aromatic N) is 2. The van der Waals surface area contributed by atoms with E-state index in [0.29, 0.717) is 24.7 Å². The van der Waals surface area contributed by atoms with E-state index in [0.717, 1.165) is 57.8 Å². The first-order valence-electron chi connectivity index (χ1n) is 10.0. The van der Waals surface area contributed by atoms with Crippen molar-refractivity contribution in [2.45, 2.75) is 12.6 Å². The third kappa shape index (κ3) is 7.18. The largest absolute Gasteiger partial charge is 0.494 e. The molecule has 0 radical (unpaired) electrons. The van der Waals surface area contributed by atoms with E-state index >= 15 is 0 Å². The predicted octanol–water partition coefficient (Wildman–Crippen LogP) is 4.31. The molecule has 1 heterocycles. The third-order valence-electron chi connectivity index (χ3n) is 5.02. The predicted molar refractivity (Wildman–Crippen MR) is 106 cm³/mol. The molecule has 2 aromatic carbocycles. The summed E-state index contributed by atoms with van der Waals surface area (Å²) in [5, 5.41) is 0. The maximum Gasteiger partial charge on any atom is 0.416 e. The summed E-state index contributed by atoms with van der Waals surface area (Å²) in [7, 11) is 0. The van der Waals surface area contributed by atoms with Gasteiger partial charge >= 0.3 is 6.18 Å². The van der Waals surface area contributed by atoms with Crippen molar-refractivity contribution >= 4 is 0 Å². The first-order chi connectivity index (χ1) is 14.4. The molecule has 0 amide bonds. The quantitative estimate of drug-likeness (QED) is 0.441. The van der Waals surface area contributed by atoms with Gasteiger partial charge in [-0.2, -0.15) is 13.2 Å². The molecule has 8 heteroatoms. The van der Waals surface area contributed by atoms with Crippen molar-refractivity contribution in [2.24, 2.45) is 0 Å². The van der Waals surface area contributed by atoms with Crippen LogP contribution < -0.4 is 9.47 Å². The molecule has 0 spiro atoms. The summed E-state index contributed by atoms with van der Waals surface area (Å²) in [5.74, 6) is 0.847. The highest BCUT2D eigenvalue weighted by Crippen LogP contribution is 2.30. The second-order valence-electron chi connectivity index (χ2n) is 7.21. The van der Waals surface area contributed by atoms with Crippen molar-refractivity contribution in [3.05, 3.63) is 59.9 Å². The first-order valence-corrected chi connectivity index (χ1v) is 10.0. The molecule has 0 unspecified atom stereocenters. The van der Waals surface area contributed by atoms with Crippen molar-refractivity contribution in [2.75, 3.05) is 52.5 Å². The monoisotopic (exact) mass is 426 g/mol. The van der Waals surface area contributed by atoms with Gasteiger partial charge < -0.3 is 14.4 Å². The number of ether oxygens (including phenoxy) is 2. The van der Waals surface area contributed by atoms with Crippen LogP contribution in [0.15, 0.2) is 48.5 Å². The molecule has 1 fully saturated rings. The molecule has 0 atom stereocenters. The average molecular weight is 426 g/mol. The second kappa shape index (κ2) is 10.6. The Bertz CT molecular complexity index is 758. The lowest BCUT2D eigenvalue weighted by Gasteiger charge is -2.34. The Morgan fingerprint density at radius 3 is 1.77 bits per heavy atom. The van der Waals surface area contributed by atoms with Crippen LogP contribution in [0.2, 0.25) is 0 Å². The molecule has 1 aliphatic heterocycles. The molecule has 30 heavy (non-hydrogen) atoms. The maximum absolute atomic E-state index is 12.9. The molecule has 0 saturated carbocycles. The Hall–Kier alpha value is -2.32. The molecule has 0 aromatic heterocycles. The van der Waals surface area contributed by atoms with Gasteiger partial charge in [0.2, 0.25) is 0 Å². The minimum Gasteiger partial charge on any atom is -0.494 e. The van der Waals surface area contributed by atoms with Crippen molar-refractivity contribution in [1.29, 1.82) is 0 Å². The van der Waals surface area contributed by atoms with Crippen LogP contribution >= 0.6 is 0 Å². The normalized spacial score (nSPS) is 15.9. The van der Waals surface area contributed by atoms with Gasteiger partial charge in [0.15, 0.2) is 0 Å². The molecular formula is C22H26F4N2O2. The molecule has 0 aliphatic carbocycles. The number of hydrogen-bond donors (Lipinski definition) is 0. The van der Waals surface area contributed by atoms with E-state index in [1.807, 2.05) is 0 Å². The summed E-state index contributed by atoms with van der Waals surface area (Å²) in [4.78, 5) is 4.69. The van der Waals surface area contributed by atoms with Gasteiger partial charge in [0.25, 0.3) is 0 Å². The van der Waals surface area contributed by atoms with Gasteiger partial charge in [-0.3, -0.25) is 4.90 Å². The van der Waals surface area contributed by atoms with E-state index < -0.39 is 11.7 Å². The highest BCUT2D eigenvalue weighted by Gasteiger charge is 2.30. The van der Waals surface area contributed by atoms with Crippen molar-refractivity contribution in [3.63, 3.8) is 0 Å². The zero-order chi connectivity index (χ0) is 21.4. The molecule has 0 bridgehead atoms. The maximum atomic E-state index is 12.9. The van der Waals surface area contributed by atoms with Gasteiger partial charge in [0.1, 0.15) is 23.9 Å². The van der Waals surface area contributed by atoms with E-state index in [1.165, 1.54) is 24.3 Å². The molecule has 2 aromatic rings. The molecule has 164 valence electrons. The number of halogens is 4.